The first kappa shape index (κ1) is 14.8. The molecule has 7 heteroatoms. The molecule has 24 heavy (non-hydrogen) atoms. The van der Waals surface area contributed by atoms with E-state index in [2.05, 4.69) is 20.4 Å². The van der Waals surface area contributed by atoms with Crippen LogP contribution in [0.25, 0.3) is 5.82 Å². The molecular formula is C17H14ClN5O. The first-order chi connectivity index (χ1) is 11.7. The van der Waals surface area contributed by atoms with E-state index >= 15 is 0 Å². The number of nitrogens with zero attached hydrogens (tertiary/aromatic N) is 4. The van der Waals surface area contributed by atoms with Gasteiger partial charge in [-0.15, -0.1) is 0 Å². The summed E-state index contributed by atoms with van der Waals surface area (Å²) in [5.74, 6) is 0.422. The lowest BCUT2D eigenvalue weighted by Gasteiger charge is -2.14. The maximum Gasteiger partial charge on any atom is 0.251 e. The Kier molecular flexibility index (Phi) is 3.74. The fourth-order valence-corrected chi connectivity index (χ4v) is 3.18. The molecule has 0 aliphatic heterocycles. The molecule has 1 aliphatic rings. The van der Waals surface area contributed by atoms with Crippen molar-refractivity contribution in [1.82, 2.24) is 25.1 Å². The maximum absolute atomic E-state index is 12.6. The van der Waals surface area contributed by atoms with Crippen LogP contribution in [0.2, 0.25) is 5.02 Å². The quantitative estimate of drug-likeness (QED) is 0.796. The average molecular weight is 340 g/mol. The maximum atomic E-state index is 12.6. The van der Waals surface area contributed by atoms with Gasteiger partial charge >= 0.3 is 0 Å². The largest absolute Gasteiger partial charge is 0.345 e. The summed E-state index contributed by atoms with van der Waals surface area (Å²) in [6.07, 6.45) is 6.36. The Bertz CT molecular complexity index is 894. The summed E-state index contributed by atoms with van der Waals surface area (Å²) in [4.78, 5) is 20.7. The zero-order valence-electron chi connectivity index (χ0n) is 12.7. The highest BCUT2D eigenvalue weighted by Crippen LogP contribution is 2.33. The van der Waals surface area contributed by atoms with Gasteiger partial charge in [-0.3, -0.25) is 4.79 Å². The van der Waals surface area contributed by atoms with Crippen LogP contribution < -0.4 is 5.32 Å². The molecule has 6 nitrogen and oxygen atoms in total. The molecule has 2 aromatic heterocycles. The van der Waals surface area contributed by atoms with Gasteiger partial charge in [0.2, 0.25) is 0 Å². The van der Waals surface area contributed by atoms with Crippen LogP contribution in [0.15, 0.2) is 49.2 Å². The third kappa shape index (κ3) is 2.76. The molecule has 2 heterocycles. The first-order valence-corrected chi connectivity index (χ1v) is 7.99. The minimum Gasteiger partial charge on any atom is -0.345 e. The number of halogens is 1. The van der Waals surface area contributed by atoms with Crippen LogP contribution in [0.5, 0.6) is 0 Å². The van der Waals surface area contributed by atoms with Gasteiger partial charge in [0.25, 0.3) is 5.91 Å². The number of rotatable bonds is 3. The second-order valence-corrected chi connectivity index (χ2v) is 6.09. The zero-order valence-corrected chi connectivity index (χ0v) is 13.4. The van der Waals surface area contributed by atoms with Gasteiger partial charge in [-0.1, -0.05) is 17.7 Å². The van der Waals surface area contributed by atoms with E-state index < -0.39 is 0 Å². The number of carbonyl (C=O) groups is 1. The Balaban J connectivity index is 1.55. The lowest BCUT2D eigenvalue weighted by molar-refractivity contribution is 0.0936. The van der Waals surface area contributed by atoms with Crippen LogP contribution in [-0.2, 0) is 6.42 Å². The predicted octanol–water partition coefficient (Wildman–Crippen LogP) is 2.73. The normalized spacial score (nSPS) is 16.0. The highest BCUT2D eigenvalue weighted by Gasteiger charge is 2.24. The second-order valence-electron chi connectivity index (χ2n) is 5.65. The predicted molar refractivity (Wildman–Crippen MR) is 89.1 cm³/mol. The fraction of sp³-hybridized carbons (Fsp3) is 0.176. The molecule has 0 saturated heterocycles. The van der Waals surface area contributed by atoms with Gasteiger partial charge in [0.1, 0.15) is 12.7 Å². The minimum absolute atomic E-state index is 0.00718. The van der Waals surface area contributed by atoms with Gasteiger partial charge in [0.15, 0.2) is 5.82 Å². The highest BCUT2D eigenvalue weighted by molar-refractivity contribution is 6.30. The number of aryl methyl sites for hydroxylation is 1. The van der Waals surface area contributed by atoms with E-state index in [0.717, 1.165) is 23.4 Å². The lowest BCUT2D eigenvalue weighted by Crippen LogP contribution is -2.27. The molecule has 1 N–H and O–H groups in total. The number of amides is 1. The number of hydrogen-bond donors (Lipinski definition) is 1. The second kappa shape index (κ2) is 6.05. The number of carbonyl (C=O) groups excluding carboxylic acids is 1. The van der Waals surface area contributed by atoms with Crippen LogP contribution in [0, 0.1) is 0 Å². The fourth-order valence-electron chi connectivity index (χ4n) is 2.99. The molecule has 1 atom stereocenters. The van der Waals surface area contributed by atoms with Crippen molar-refractivity contribution in [2.45, 2.75) is 18.9 Å². The number of benzene rings is 1. The van der Waals surface area contributed by atoms with E-state index in [0.29, 0.717) is 11.4 Å². The molecular weight excluding hydrogens is 326 g/mol. The van der Waals surface area contributed by atoms with E-state index in [1.54, 1.807) is 24.7 Å². The van der Waals surface area contributed by atoms with Gasteiger partial charge in [-0.05, 0) is 48.2 Å². The number of pyridine rings is 1. The Labute approximate surface area is 143 Å². The van der Waals surface area contributed by atoms with Crippen molar-refractivity contribution in [3.05, 3.63) is 70.9 Å². The summed E-state index contributed by atoms with van der Waals surface area (Å²) in [6.45, 7) is 0. The van der Waals surface area contributed by atoms with Crippen LogP contribution in [0.4, 0.5) is 0 Å². The van der Waals surface area contributed by atoms with Crippen molar-refractivity contribution in [1.29, 1.82) is 0 Å². The standard InChI is InChI=1S/C17H14ClN5O/c18-13-2-3-14-11(7-13)1-4-15(14)22-17(24)12-5-6-20-16(8-12)23-10-19-9-21-23/h2-3,5-10,15H,1,4H2,(H,22,24)/t15-/m0/s1. The number of fused-ring (bicyclic) bond motifs is 1. The van der Waals surface area contributed by atoms with Gasteiger partial charge in [0.05, 0.1) is 6.04 Å². The smallest absolute Gasteiger partial charge is 0.251 e. The summed E-state index contributed by atoms with van der Waals surface area (Å²) in [5, 5.41) is 7.84. The van der Waals surface area contributed by atoms with Crippen LogP contribution >= 0.6 is 11.6 Å². The molecule has 3 aromatic rings. The van der Waals surface area contributed by atoms with E-state index in [4.69, 9.17) is 11.6 Å². The van der Waals surface area contributed by atoms with Crippen molar-refractivity contribution in [2.24, 2.45) is 0 Å². The van der Waals surface area contributed by atoms with Gasteiger partial charge in [-0.25, -0.2) is 14.6 Å². The van der Waals surface area contributed by atoms with Gasteiger partial charge in [-0.2, -0.15) is 5.10 Å². The Morgan fingerprint density at radius 3 is 3.04 bits per heavy atom. The Morgan fingerprint density at radius 2 is 2.21 bits per heavy atom. The summed E-state index contributed by atoms with van der Waals surface area (Å²) in [6, 6.07) is 9.21. The van der Waals surface area contributed by atoms with E-state index in [-0.39, 0.29) is 11.9 Å². The average Bonchev–Trinajstić information content (AvgIpc) is 3.25. The van der Waals surface area contributed by atoms with Crippen molar-refractivity contribution in [3.8, 4) is 5.82 Å². The van der Waals surface area contributed by atoms with E-state index in [1.165, 1.54) is 16.6 Å². The Hall–Kier alpha value is -2.73. The van der Waals surface area contributed by atoms with Crippen LogP contribution in [-0.4, -0.2) is 25.7 Å². The van der Waals surface area contributed by atoms with Crippen molar-refractivity contribution in [2.75, 3.05) is 0 Å². The number of nitrogens with one attached hydrogen (secondary N) is 1. The zero-order chi connectivity index (χ0) is 16.5. The molecule has 120 valence electrons. The number of aromatic nitrogens is 4. The molecule has 1 aliphatic carbocycles. The van der Waals surface area contributed by atoms with Gasteiger partial charge in [0, 0.05) is 16.8 Å². The molecule has 0 spiro atoms. The molecule has 0 unspecified atom stereocenters. The molecule has 1 aromatic carbocycles. The summed E-state index contributed by atoms with van der Waals surface area (Å²) < 4.78 is 1.52. The molecule has 0 fully saturated rings. The monoisotopic (exact) mass is 339 g/mol. The summed E-state index contributed by atoms with van der Waals surface area (Å²) >= 11 is 6.03. The van der Waals surface area contributed by atoms with Crippen LogP contribution in [0.1, 0.15) is 33.9 Å². The highest BCUT2D eigenvalue weighted by atomic mass is 35.5. The van der Waals surface area contributed by atoms with Crippen LogP contribution in [0.3, 0.4) is 0 Å². The van der Waals surface area contributed by atoms with Gasteiger partial charge < -0.3 is 5.32 Å². The summed E-state index contributed by atoms with van der Waals surface area (Å²) in [7, 11) is 0. The first-order valence-electron chi connectivity index (χ1n) is 7.61. The lowest BCUT2D eigenvalue weighted by atomic mass is 10.1. The third-order valence-electron chi connectivity index (χ3n) is 4.15. The summed E-state index contributed by atoms with van der Waals surface area (Å²) in [5.41, 5.74) is 2.88. The molecule has 0 radical (unpaired) electrons. The van der Waals surface area contributed by atoms with Crippen molar-refractivity contribution < 1.29 is 4.79 Å². The Morgan fingerprint density at radius 1 is 1.29 bits per heavy atom. The van der Waals surface area contributed by atoms with E-state index in [9.17, 15) is 4.79 Å². The topological polar surface area (TPSA) is 72.7 Å². The molecule has 0 bridgehead atoms. The third-order valence-corrected chi connectivity index (χ3v) is 4.38. The van der Waals surface area contributed by atoms with Crippen molar-refractivity contribution in [3.63, 3.8) is 0 Å². The minimum atomic E-state index is -0.133. The molecule has 0 saturated carbocycles. The van der Waals surface area contributed by atoms with E-state index in [1.807, 2.05) is 18.2 Å². The SMILES string of the molecule is O=C(N[C@H]1CCc2cc(Cl)ccc21)c1ccnc(-n2cncn2)c1. The van der Waals surface area contributed by atoms with Crippen molar-refractivity contribution >= 4 is 17.5 Å². The number of hydrogen-bond acceptors (Lipinski definition) is 4. The molecule has 4 rings (SSSR count). The molecule has 1 amide bonds.